The second-order valence-corrected chi connectivity index (χ2v) is 6.18. The first-order valence-electron chi connectivity index (χ1n) is 6.41. The Morgan fingerprint density at radius 3 is 2.57 bits per heavy atom. The van der Waals surface area contributed by atoms with Crippen LogP contribution in [0.2, 0.25) is 10.0 Å². The maximum atomic E-state index is 6.19. The minimum atomic E-state index is 0.553. The van der Waals surface area contributed by atoms with Crippen LogP contribution in [0.15, 0.2) is 34.8 Å². The molecule has 2 aromatic rings. The molecule has 0 spiro atoms. The van der Waals surface area contributed by atoms with E-state index in [4.69, 9.17) is 32.7 Å². The minimum absolute atomic E-state index is 0.553. The molecule has 0 amide bonds. The minimum Gasteiger partial charge on any atom is -0.486 e. The van der Waals surface area contributed by atoms with Gasteiger partial charge in [0.15, 0.2) is 11.5 Å². The summed E-state index contributed by atoms with van der Waals surface area (Å²) in [7, 11) is 0. The smallest absolute Gasteiger partial charge is 0.163 e. The van der Waals surface area contributed by atoms with Gasteiger partial charge in [-0.1, -0.05) is 35.3 Å². The Morgan fingerprint density at radius 2 is 1.81 bits per heavy atom. The van der Waals surface area contributed by atoms with Gasteiger partial charge in [-0.05, 0) is 27.6 Å². The predicted octanol–water partition coefficient (Wildman–Crippen LogP) is 5.14. The first-order chi connectivity index (χ1) is 10.1. The van der Waals surface area contributed by atoms with Crippen LogP contribution in [0.25, 0.3) is 0 Å². The van der Waals surface area contributed by atoms with Crippen molar-refractivity contribution in [1.82, 2.24) is 0 Å². The Morgan fingerprint density at radius 1 is 1.10 bits per heavy atom. The molecule has 2 aromatic carbocycles. The zero-order chi connectivity index (χ0) is 14.8. The van der Waals surface area contributed by atoms with E-state index in [1.165, 1.54) is 0 Å². The van der Waals surface area contributed by atoms with Crippen molar-refractivity contribution in [2.45, 2.75) is 6.54 Å². The van der Waals surface area contributed by atoms with Crippen LogP contribution in [0.5, 0.6) is 11.5 Å². The zero-order valence-corrected chi connectivity index (χ0v) is 14.1. The molecule has 0 unspecified atom stereocenters. The summed E-state index contributed by atoms with van der Waals surface area (Å²) in [5.74, 6) is 1.49. The van der Waals surface area contributed by atoms with E-state index in [0.717, 1.165) is 27.2 Å². The molecule has 0 atom stereocenters. The van der Waals surface area contributed by atoms with Crippen LogP contribution in [-0.4, -0.2) is 13.2 Å². The lowest BCUT2D eigenvalue weighted by molar-refractivity contribution is 0.171. The van der Waals surface area contributed by atoms with Gasteiger partial charge >= 0.3 is 0 Å². The van der Waals surface area contributed by atoms with Gasteiger partial charge in [0, 0.05) is 23.2 Å². The average molecular weight is 389 g/mol. The number of hydrogen-bond acceptors (Lipinski definition) is 3. The maximum absolute atomic E-state index is 6.19. The molecule has 0 saturated heterocycles. The Labute approximate surface area is 141 Å². The molecule has 3 rings (SSSR count). The Hall–Kier alpha value is -1.10. The van der Waals surface area contributed by atoms with E-state index in [0.29, 0.717) is 29.8 Å². The lowest BCUT2D eigenvalue weighted by atomic mass is 10.2. The summed E-state index contributed by atoms with van der Waals surface area (Å²) in [5.41, 5.74) is 1.85. The number of halogens is 3. The summed E-state index contributed by atoms with van der Waals surface area (Å²) in [5, 5.41) is 4.44. The highest BCUT2D eigenvalue weighted by molar-refractivity contribution is 9.10. The van der Waals surface area contributed by atoms with E-state index in [1.807, 2.05) is 24.3 Å². The summed E-state index contributed by atoms with van der Waals surface area (Å²) in [6, 6.07) is 9.40. The number of anilines is 1. The van der Waals surface area contributed by atoms with Crippen molar-refractivity contribution < 1.29 is 9.47 Å². The molecule has 21 heavy (non-hydrogen) atoms. The standard InChI is InChI=1S/C15H12BrCl2NO2/c16-10-6-13-14(21-5-4-20-13)7-12(10)19-8-9-2-1-3-11(17)15(9)18/h1-3,6-7,19H,4-5,8H2. The quantitative estimate of drug-likeness (QED) is 0.789. The summed E-state index contributed by atoms with van der Waals surface area (Å²) >= 11 is 15.7. The molecule has 1 heterocycles. The van der Waals surface area contributed by atoms with E-state index in [2.05, 4.69) is 21.2 Å². The number of benzene rings is 2. The average Bonchev–Trinajstić information content (AvgIpc) is 2.49. The van der Waals surface area contributed by atoms with Gasteiger partial charge in [0.25, 0.3) is 0 Å². The lowest BCUT2D eigenvalue weighted by Crippen LogP contribution is -2.15. The predicted molar refractivity (Wildman–Crippen MR) is 88.9 cm³/mol. The molecule has 110 valence electrons. The number of nitrogens with one attached hydrogen (secondary N) is 1. The second-order valence-electron chi connectivity index (χ2n) is 4.54. The van der Waals surface area contributed by atoms with E-state index >= 15 is 0 Å². The summed E-state index contributed by atoms with van der Waals surface area (Å²) in [6.45, 7) is 1.70. The highest BCUT2D eigenvalue weighted by atomic mass is 79.9. The highest BCUT2D eigenvalue weighted by Crippen LogP contribution is 2.38. The molecule has 1 aliphatic rings. The maximum Gasteiger partial charge on any atom is 0.163 e. The SMILES string of the molecule is Clc1cccc(CNc2cc3c(cc2Br)OCCO3)c1Cl. The molecule has 0 radical (unpaired) electrons. The zero-order valence-electron chi connectivity index (χ0n) is 11.0. The molecular formula is C15H12BrCl2NO2. The fourth-order valence-electron chi connectivity index (χ4n) is 2.07. The van der Waals surface area contributed by atoms with Crippen LogP contribution in [0, 0.1) is 0 Å². The van der Waals surface area contributed by atoms with Gasteiger partial charge in [-0.25, -0.2) is 0 Å². The largest absolute Gasteiger partial charge is 0.486 e. The molecule has 0 aromatic heterocycles. The van der Waals surface area contributed by atoms with Crippen LogP contribution in [0.3, 0.4) is 0 Å². The molecule has 0 saturated carbocycles. The van der Waals surface area contributed by atoms with E-state index < -0.39 is 0 Å². The van der Waals surface area contributed by atoms with E-state index in [1.54, 1.807) is 6.07 Å². The van der Waals surface area contributed by atoms with Crippen LogP contribution in [-0.2, 0) is 6.54 Å². The molecule has 0 aliphatic carbocycles. The third-order valence-electron chi connectivity index (χ3n) is 3.13. The van der Waals surface area contributed by atoms with Crippen LogP contribution in [0.4, 0.5) is 5.69 Å². The van der Waals surface area contributed by atoms with E-state index in [-0.39, 0.29) is 0 Å². The number of fused-ring (bicyclic) bond motifs is 1. The number of hydrogen-bond donors (Lipinski definition) is 1. The first kappa shape index (κ1) is 14.8. The van der Waals surface area contributed by atoms with Crippen molar-refractivity contribution in [3.05, 3.63) is 50.4 Å². The summed E-state index contributed by atoms with van der Waals surface area (Å²) in [4.78, 5) is 0. The Balaban J connectivity index is 1.80. The van der Waals surface area contributed by atoms with Gasteiger partial charge in [0.1, 0.15) is 13.2 Å². The van der Waals surface area contributed by atoms with Gasteiger partial charge in [0.05, 0.1) is 15.7 Å². The summed E-state index contributed by atoms with van der Waals surface area (Å²) in [6.07, 6.45) is 0. The highest BCUT2D eigenvalue weighted by Gasteiger charge is 2.15. The fraction of sp³-hybridized carbons (Fsp3) is 0.200. The molecule has 0 fully saturated rings. The van der Waals surface area contributed by atoms with Crippen molar-refractivity contribution in [3.8, 4) is 11.5 Å². The number of ether oxygens (including phenoxy) is 2. The van der Waals surface area contributed by atoms with E-state index in [9.17, 15) is 0 Å². The molecular weight excluding hydrogens is 377 g/mol. The monoisotopic (exact) mass is 387 g/mol. The first-order valence-corrected chi connectivity index (χ1v) is 7.96. The third-order valence-corrected chi connectivity index (χ3v) is 4.65. The third kappa shape index (κ3) is 3.23. The van der Waals surface area contributed by atoms with Gasteiger partial charge in [-0.3, -0.25) is 0 Å². The molecule has 1 aliphatic heterocycles. The molecule has 3 nitrogen and oxygen atoms in total. The normalized spacial score (nSPS) is 13.1. The molecule has 0 bridgehead atoms. The van der Waals surface area contributed by atoms with Gasteiger partial charge in [-0.2, -0.15) is 0 Å². The van der Waals surface area contributed by atoms with Crippen molar-refractivity contribution in [2.75, 3.05) is 18.5 Å². The Kier molecular flexibility index (Phi) is 4.48. The Bertz CT molecular complexity index is 679. The van der Waals surface area contributed by atoms with Gasteiger partial charge < -0.3 is 14.8 Å². The topological polar surface area (TPSA) is 30.5 Å². The summed E-state index contributed by atoms with van der Waals surface area (Å²) < 4.78 is 12.0. The van der Waals surface area contributed by atoms with Crippen LogP contribution >= 0.6 is 39.1 Å². The fourth-order valence-corrected chi connectivity index (χ4v) is 2.92. The second kappa shape index (κ2) is 6.34. The van der Waals surface area contributed by atoms with Crippen molar-refractivity contribution in [3.63, 3.8) is 0 Å². The van der Waals surface area contributed by atoms with Gasteiger partial charge in [-0.15, -0.1) is 0 Å². The van der Waals surface area contributed by atoms with Gasteiger partial charge in [0.2, 0.25) is 0 Å². The van der Waals surface area contributed by atoms with Crippen molar-refractivity contribution in [1.29, 1.82) is 0 Å². The van der Waals surface area contributed by atoms with Crippen molar-refractivity contribution >= 4 is 44.8 Å². The lowest BCUT2D eigenvalue weighted by Gasteiger charge is -2.20. The molecule has 1 N–H and O–H groups in total. The van der Waals surface area contributed by atoms with Crippen LogP contribution in [0.1, 0.15) is 5.56 Å². The van der Waals surface area contributed by atoms with Crippen LogP contribution < -0.4 is 14.8 Å². The molecule has 6 heteroatoms. The number of rotatable bonds is 3. The van der Waals surface area contributed by atoms with Crippen molar-refractivity contribution in [2.24, 2.45) is 0 Å².